The molecular formula is C12H16N2O3S. The van der Waals surface area contributed by atoms with Gasteiger partial charge in [-0.05, 0) is 11.4 Å². The molecule has 2 aromatic rings. The van der Waals surface area contributed by atoms with Gasteiger partial charge in [-0.1, -0.05) is 11.2 Å². The molecule has 1 atom stereocenters. The van der Waals surface area contributed by atoms with E-state index in [9.17, 15) is 5.11 Å². The summed E-state index contributed by atoms with van der Waals surface area (Å²) >= 11 is 1.65. The maximum atomic E-state index is 9.68. The molecule has 0 fully saturated rings. The number of aromatic nitrogens is 1. The molecule has 6 heteroatoms. The van der Waals surface area contributed by atoms with E-state index in [2.05, 4.69) is 10.5 Å². The topological polar surface area (TPSA) is 67.5 Å². The molecule has 0 spiro atoms. The number of rotatable bonds is 8. The number of thiophene rings is 1. The van der Waals surface area contributed by atoms with Crippen molar-refractivity contribution < 1.29 is 14.4 Å². The van der Waals surface area contributed by atoms with Crippen LogP contribution in [0, 0.1) is 0 Å². The third kappa shape index (κ3) is 4.58. The normalized spacial score (nSPS) is 12.7. The van der Waals surface area contributed by atoms with E-state index in [0.29, 0.717) is 26.3 Å². The van der Waals surface area contributed by atoms with Gasteiger partial charge in [-0.3, -0.25) is 0 Å². The first-order chi connectivity index (χ1) is 8.84. The molecule has 18 heavy (non-hydrogen) atoms. The lowest BCUT2D eigenvalue weighted by molar-refractivity contribution is 0.0295. The number of hydrogen-bond acceptors (Lipinski definition) is 6. The van der Waals surface area contributed by atoms with Crippen molar-refractivity contribution in [2.75, 3.05) is 13.2 Å². The Labute approximate surface area is 109 Å². The van der Waals surface area contributed by atoms with E-state index in [1.54, 1.807) is 23.6 Å². The summed E-state index contributed by atoms with van der Waals surface area (Å²) in [6, 6.07) is 5.78. The van der Waals surface area contributed by atoms with Crippen LogP contribution in [-0.4, -0.2) is 29.5 Å². The van der Waals surface area contributed by atoms with Crippen LogP contribution in [0.4, 0.5) is 0 Å². The summed E-state index contributed by atoms with van der Waals surface area (Å²) in [5.41, 5.74) is 0. The summed E-state index contributed by atoms with van der Waals surface area (Å²) in [5, 5.41) is 18.4. The fourth-order valence-electron chi connectivity index (χ4n) is 1.44. The maximum Gasteiger partial charge on any atom is 0.150 e. The fourth-order valence-corrected chi connectivity index (χ4v) is 2.08. The lowest BCUT2D eigenvalue weighted by Gasteiger charge is -2.11. The molecule has 0 amide bonds. The van der Waals surface area contributed by atoms with Gasteiger partial charge in [-0.15, -0.1) is 11.3 Å². The van der Waals surface area contributed by atoms with Gasteiger partial charge in [-0.2, -0.15) is 0 Å². The Kier molecular flexibility index (Phi) is 5.35. The minimum Gasteiger partial charge on any atom is -0.389 e. The van der Waals surface area contributed by atoms with Crippen molar-refractivity contribution in [2.24, 2.45) is 0 Å². The Morgan fingerprint density at radius 3 is 3.17 bits per heavy atom. The highest BCUT2D eigenvalue weighted by Gasteiger charge is 2.05. The van der Waals surface area contributed by atoms with Gasteiger partial charge >= 0.3 is 0 Å². The third-order valence-electron chi connectivity index (χ3n) is 2.31. The molecule has 0 bridgehead atoms. The van der Waals surface area contributed by atoms with E-state index in [1.165, 1.54) is 0 Å². The molecule has 0 aliphatic rings. The number of nitrogens with zero attached hydrogens (tertiary/aromatic N) is 1. The van der Waals surface area contributed by atoms with Crippen LogP contribution in [0.2, 0.25) is 0 Å². The predicted octanol–water partition coefficient (Wildman–Crippen LogP) is 1.40. The zero-order chi connectivity index (χ0) is 12.6. The largest absolute Gasteiger partial charge is 0.389 e. The Balaban J connectivity index is 1.53. The van der Waals surface area contributed by atoms with Crippen LogP contribution in [-0.2, 0) is 17.9 Å². The first-order valence-corrected chi connectivity index (χ1v) is 6.61. The number of aliphatic hydroxyl groups excluding tert-OH is 1. The molecule has 2 aromatic heterocycles. The molecule has 2 rings (SSSR count). The molecule has 0 saturated carbocycles. The number of aliphatic hydroxyl groups is 1. The summed E-state index contributed by atoms with van der Waals surface area (Å²) in [5.74, 6) is 0.752. The van der Waals surface area contributed by atoms with Crippen molar-refractivity contribution in [1.29, 1.82) is 0 Å². The molecule has 2 heterocycles. The molecule has 0 aliphatic carbocycles. The summed E-state index contributed by atoms with van der Waals surface area (Å²) < 4.78 is 10.3. The highest BCUT2D eigenvalue weighted by molar-refractivity contribution is 7.09. The fraction of sp³-hybridized carbons (Fsp3) is 0.417. The average Bonchev–Trinajstić information content (AvgIpc) is 3.01. The smallest absolute Gasteiger partial charge is 0.150 e. The second-order valence-electron chi connectivity index (χ2n) is 3.86. The highest BCUT2D eigenvalue weighted by Crippen LogP contribution is 2.09. The third-order valence-corrected chi connectivity index (χ3v) is 3.15. The SMILES string of the molecule is OC(CNCc1ccno1)COCc1cccs1. The molecule has 0 saturated heterocycles. The van der Waals surface area contributed by atoms with Crippen molar-refractivity contribution in [3.8, 4) is 0 Å². The van der Waals surface area contributed by atoms with Gasteiger partial charge in [0.15, 0.2) is 0 Å². The van der Waals surface area contributed by atoms with E-state index in [0.717, 1.165) is 10.6 Å². The minimum atomic E-state index is -0.520. The molecule has 0 aromatic carbocycles. The maximum absolute atomic E-state index is 9.68. The Hall–Kier alpha value is -1.21. The van der Waals surface area contributed by atoms with Crippen LogP contribution in [0.25, 0.3) is 0 Å². The van der Waals surface area contributed by atoms with E-state index < -0.39 is 6.10 Å². The van der Waals surface area contributed by atoms with E-state index in [1.807, 2.05) is 17.5 Å². The van der Waals surface area contributed by atoms with Crippen molar-refractivity contribution in [2.45, 2.75) is 19.3 Å². The first kappa shape index (κ1) is 13.2. The quantitative estimate of drug-likeness (QED) is 0.757. The van der Waals surface area contributed by atoms with Gasteiger partial charge in [0.1, 0.15) is 5.76 Å². The second-order valence-corrected chi connectivity index (χ2v) is 4.89. The summed E-state index contributed by atoms with van der Waals surface area (Å²) in [7, 11) is 0. The van der Waals surface area contributed by atoms with Crippen LogP contribution in [0.3, 0.4) is 0 Å². The first-order valence-electron chi connectivity index (χ1n) is 5.73. The minimum absolute atomic E-state index is 0.321. The molecule has 0 aliphatic heterocycles. The molecule has 0 radical (unpaired) electrons. The Morgan fingerprint density at radius 2 is 2.44 bits per heavy atom. The second kappa shape index (κ2) is 7.27. The lowest BCUT2D eigenvalue weighted by Crippen LogP contribution is -2.29. The van der Waals surface area contributed by atoms with Crippen molar-refractivity contribution in [1.82, 2.24) is 10.5 Å². The van der Waals surface area contributed by atoms with Crippen molar-refractivity contribution in [3.63, 3.8) is 0 Å². The van der Waals surface area contributed by atoms with Gasteiger partial charge in [0, 0.05) is 17.5 Å². The highest BCUT2D eigenvalue weighted by atomic mass is 32.1. The van der Waals surface area contributed by atoms with Gasteiger partial charge in [0.2, 0.25) is 0 Å². The van der Waals surface area contributed by atoms with Gasteiger partial charge in [0.25, 0.3) is 0 Å². The van der Waals surface area contributed by atoms with Crippen molar-refractivity contribution >= 4 is 11.3 Å². The monoisotopic (exact) mass is 268 g/mol. The van der Waals surface area contributed by atoms with Crippen LogP contribution in [0.1, 0.15) is 10.6 Å². The summed E-state index contributed by atoms with van der Waals surface area (Å²) in [6.07, 6.45) is 1.07. The zero-order valence-corrected chi connectivity index (χ0v) is 10.7. The van der Waals surface area contributed by atoms with Crippen LogP contribution >= 0.6 is 11.3 Å². The molecular weight excluding hydrogens is 252 g/mol. The number of ether oxygens (including phenoxy) is 1. The van der Waals surface area contributed by atoms with Crippen LogP contribution in [0.5, 0.6) is 0 Å². The van der Waals surface area contributed by atoms with Gasteiger partial charge < -0.3 is 19.7 Å². The standard InChI is InChI=1S/C12H16N2O3S/c15-10(6-13-7-11-3-4-14-17-11)8-16-9-12-2-1-5-18-12/h1-5,10,13,15H,6-9H2. The van der Waals surface area contributed by atoms with Crippen molar-refractivity contribution in [3.05, 3.63) is 40.4 Å². The van der Waals surface area contributed by atoms with Gasteiger partial charge in [0.05, 0.1) is 32.1 Å². The average molecular weight is 268 g/mol. The van der Waals surface area contributed by atoms with E-state index >= 15 is 0 Å². The van der Waals surface area contributed by atoms with Crippen LogP contribution < -0.4 is 5.32 Å². The Morgan fingerprint density at radius 1 is 1.50 bits per heavy atom. The predicted molar refractivity (Wildman–Crippen MR) is 68.2 cm³/mol. The van der Waals surface area contributed by atoms with E-state index in [4.69, 9.17) is 9.26 Å². The van der Waals surface area contributed by atoms with Crippen LogP contribution in [0.15, 0.2) is 34.3 Å². The summed E-state index contributed by atoms with van der Waals surface area (Å²) in [6.45, 7) is 1.89. The zero-order valence-electron chi connectivity index (χ0n) is 9.91. The lowest BCUT2D eigenvalue weighted by atomic mass is 10.3. The molecule has 98 valence electrons. The number of hydrogen-bond donors (Lipinski definition) is 2. The number of nitrogens with one attached hydrogen (secondary N) is 1. The van der Waals surface area contributed by atoms with Gasteiger partial charge in [-0.25, -0.2) is 0 Å². The molecule has 5 nitrogen and oxygen atoms in total. The van der Waals surface area contributed by atoms with E-state index in [-0.39, 0.29) is 0 Å². The summed E-state index contributed by atoms with van der Waals surface area (Å²) in [4.78, 5) is 1.16. The Bertz CT molecular complexity index is 376. The molecule has 2 N–H and O–H groups in total. The molecule has 1 unspecified atom stereocenters.